The van der Waals surface area contributed by atoms with Gasteiger partial charge in [0.05, 0.1) is 19.3 Å². The second-order valence-corrected chi connectivity index (χ2v) is 5.88. The van der Waals surface area contributed by atoms with Crippen LogP contribution in [0.5, 0.6) is 11.5 Å². The van der Waals surface area contributed by atoms with Crippen LogP contribution in [0.25, 0.3) is 0 Å². The molecular weight excluding hydrogens is 284 g/mol. The SMILES string of the molecule is COc1cc(O)cc2c1C(=O)OC(C)CCC(O)CCCC2. The Morgan fingerprint density at radius 3 is 2.73 bits per heavy atom. The van der Waals surface area contributed by atoms with Gasteiger partial charge in [0.25, 0.3) is 0 Å². The Hall–Kier alpha value is -1.75. The van der Waals surface area contributed by atoms with Gasteiger partial charge >= 0.3 is 5.97 Å². The highest BCUT2D eigenvalue weighted by atomic mass is 16.5. The van der Waals surface area contributed by atoms with Crippen LogP contribution >= 0.6 is 0 Å². The molecule has 2 N–H and O–H groups in total. The number of fused-ring (bicyclic) bond motifs is 1. The quantitative estimate of drug-likeness (QED) is 0.780. The van der Waals surface area contributed by atoms with Gasteiger partial charge in [-0.1, -0.05) is 6.42 Å². The van der Waals surface area contributed by atoms with Crippen LogP contribution in [-0.2, 0) is 11.2 Å². The predicted octanol–water partition coefficient (Wildman–Crippen LogP) is 2.81. The zero-order valence-corrected chi connectivity index (χ0v) is 13.2. The summed E-state index contributed by atoms with van der Waals surface area (Å²) in [7, 11) is 1.47. The molecule has 0 saturated heterocycles. The van der Waals surface area contributed by atoms with E-state index >= 15 is 0 Å². The van der Waals surface area contributed by atoms with Crippen LogP contribution in [0, 0.1) is 0 Å². The summed E-state index contributed by atoms with van der Waals surface area (Å²) in [5.74, 6) is -0.0257. The molecule has 5 heteroatoms. The van der Waals surface area contributed by atoms with E-state index < -0.39 is 5.97 Å². The Morgan fingerprint density at radius 1 is 1.23 bits per heavy atom. The van der Waals surface area contributed by atoms with Gasteiger partial charge in [-0.2, -0.15) is 0 Å². The third kappa shape index (κ3) is 4.13. The van der Waals surface area contributed by atoms with Gasteiger partial charge in [-0.05, 0) is 50.7 Å². The molecule has 1 aliphatic rings. The number of phenolic OH excluding ortho intramolecular Hbond substituents is 1. The summed E-state index contributed by atoms with van der Waals surface area (Å²) in [5, 5.41) is 19.7. The summed E-state index contributed by atoms with van der Waals surface area (Å²) in [5.41, 5.74) is 1.12. The number of aryl methyl sites for hydroxylation is 1. The van der Waals surface area contributed by atoms with Gasteiger partial charge in [0.2, 0.25) is 0 Å². The molecule has 0 bridgehead atoms. The van der Waals surface area contributed by atoms with Gasteiger partial charge in [-0.3, -0.25) is 0 Å². The Balaban J connectivity index is 2.34. The minimum Gasteiger partial charge on any atom is -0.508 e. The average molecular weight is 308 g/mol. The molecule has 0 fully saturated rings. The maximum absolute atomic E-state index is 12.5. The molecule has 0 spiro atoms. The molecule has 0 aromatic heterocycles. The van der Waals surface area contributed by atoms with Gasteiger partial charge in [0, 0.05) is 6.07 Å². The number of esters is 1. The van der Waals surface area contributed by atoms with Crippen molar-refractivity contribution >= 4 is 5.97 Å². The number of methoxy groups -OCH3 is 1. The smallest absolute Gasteiger partial charge is 0.342 e. The molecule has 22 heavy (non-hydrogen) atoms. The Labute approximate surface area is 130 Å². The Morgan fingerprint density at radius 2 is 2.00 bits per heavy atom. The van der Waals surface area contributed by atoms with E-state index in [9.17, 15) is 15.0 Å². The molecule has 0 radical (unpaired) electrons. The first kappa shape index (κ1) is 16.6. The molecule has 1 heterocycles. The normalized spacial score (nSPS) is 23.7. The standard InChI is InChI=1S/C17H24O5/c1-11-7-8-13(18)6-4-3-5-12-9-14(19)10-15(21-2)16(12)17(20)22-11/h9-11,13,18-19H,3-8H2,1-2H3. The van der Waals surface area contributed by atoms with Crippen molar-refractivity contribution in [3.05, 3.63) is 23.3 Å². The summed E-state index contributed by atoms with van der Waals surface area (Å²) < 4.78 is 10.7. The van der Waals surface area contributed by atoms with E-state index in [2.05, 4.69) is 0 Å². The van der Waals surface area contributed by atoms with Crippen molar-refractivity contribution in [1.82, 2.24) is 0 Å². The summed E-state index contributed by atoms with van der Waals surface area (Å²) in [6.45, 7) is 1.82. The van der Waals surface area contributed by atoms with E-state index in [1.54, 1.807) is 6.07 Å². The summed E-state index contributed by atoms with van der Waals surface area (Å²) >= 11 is 0. The Kier molecular flexibility index (Phi) is 5.66. The van der Waals surface area contributed by atoms with Crippen molar-refractivity contribution in [3.63, 3.8) is 0 Å². The van der Waals surface area contributed by atoms with Crippen LogP contribution < -0.4 is 4.74 Å². The first-order chi connectivity index (χ1) is 10.5. The van der Waals surface area contributed by atoms with E-state index in [1.165, 1.54) is 13.2 Å². The fourth-order valence-electron chi connectivity index (χ4n) is 2.81. The molecule has 0 saturated carbocycles. The maximum Gasteiger partial charge on any atom is 0.342 e. The second kappa shape index (κ2) is 7.49. The van der Waals surface area contributed by atoms with Crippen LogP contribution in [0.2, 0.25) is 0 Å². The minimum absolute atomic E-state index is 0.0728. The number of aliphatic hydroxyl groups excluding tert-OH is 1. The molecule has 1 aromatic rings. The van der Waals surface area contributed by atoms with Gasteiger partial charge in [0.1, 0.15) is 17.1 Å². The maximum atomic E-state index is 12.5. The number of ether oxygens (including phenoxy) is 2. The summed E-state index contributed by atoms with van der Waals surface area (Å²) in [6.07, 6.45) is 3.73. The monoisotopic (exact) mass is 308 g/mol. The van der Waals surface area contributed by atoms with Crippen LogP contribution in [0.3, 0.4) is 0 Å². The highest BCUT2D eigenvalue weighted by Gasteiger charge is 2.23. The van der Waals surface area contributed by atoms with E-state index in [-0.39, 0.29) is 18.0 Å². The predicted molar refractivity (Wildman–Crippen MR) is 82.3 cm³/mol. The number of rotatable bonds is 1. The summed E-state index contributed by atoms with van der Waals surface area (Å²) in [4.78, 5) is 12.5. The molecule has 0 amide bonds. The number of phenols is 1. The zero-order valence-electron chi connectivity index (χ0n) is 13.2. The van der Waals surface area contributed by atoms with Crippen molar-refractivity contribution in [2.75, 3.05) is 7.11 Å². The molecular formula is C17H24O5. The summed E-state index contributed by atoms with van der Waals surface area (Å²) in [6, 6.07) is 3.02. The molecule has 1 aromatic carbocycles. The third-order valence-electron chi connectivity index (χ3n) is 4.04. The third-order valence-corrected chi connectivity index (χ3v) is 4.04. The fraction of sp³-hybridized carbons (Fsp3) is 0.588. The zero-order chi connectivity index (χ0) is 16.1. The van der Waals surface area contributed by atoms with Crippen LogP contribution in [0.15, 0.2) is 12.1 Å². The van der Waals surface area contributed by atoms with Gasteiger partial charge < -0.3 is 19.7 Å². The Bertz CT molecular complexity index is 526. The molecule has 2 rings (SSSR count). The molecule has 1 aliphatic heterocycles. The van der Waals surface area contributed by atoms with E-state index in [0.717, 1.165) is 24.8 Å². The molecule has 5 nitrogen and oxygen atoms in total. The number of benzene rings is 1. The lowest BCUT2D eigenvalue weighted by atomic mass is 9.97. The fourth-order valence-corrected chi connectivity index (χ4v) is 2.81. The number of cyclic esters (lactones) is 1. The molecule has 0 aliphatic carbocycles. The van der Waals surface area contributed by atoms with Gasteiger partial charge in [-0.25, -0.2) is 4.79 Å². The highest BCUT2D eigenvalue weighted by molar-refractivity contribution is 5.94. The topological polar surface area (TPSA) is 76.0 Å². The van der Waals surface area contributed by atoms with Crippen LogP contribution in [0.4, 0.5) is 0 Å². The largest absolute Gasteiger partial charge is 0.508 e. The minimum atomic E-state index is -0.436. The first-order valence-corrected chi connectivity index (χ1v) is 7.80. The van der Waals surface area contributed by atoms with Crippen molar-refractivity contribution < 1.29 is 24.5 Å². The molecule has 122 valence electrons. The number of carbonyl (C=O) groups excluding carboxylic acids is 1. The number of carbonyl (C=O) groups is 1. The molecule has 2 unspecified atom stereocenters. The number of hydrogen-bond donors (Lipinski definition) is 2. The van der Waals surface area contributed by atoms with Crippen molar-refractivity contribution in [2.24, 2.45) is 0 Å². The van der Waals surface area contributed by atoms with E-state index in [0.29, 0.717) is 30.6 Å². The highest BCUT2D eigenvalue weighted by Crippen LogP contribution is 2.31. The van der Waals surface area contributed by atoms with Gasteiger partial charge in [-0.15, -0.1) is 0 Å². The lowest BCUT2D eigenvalue weighted by Crippen LogP contribution is -2.20. The van der Waals surface area contributed by atoms with E-state index in [1.807, 2.05) is 6.92 Å². The van der Waals surface area contributed by atoms with Crippen molar-refractivity contribution in [1.29, 1.82) is 0 Å². The average Bonchev–Trinajstić information content (AvgIpc) is 2.47. The second-order valence-electron chi connectivity index (χ2n) is 5.88. The van der Waals surface area contributed by atoms with Crippen LogP contribution in [-0.4, -0.2) is 35.5 Å². The first-order valence-electron chi connectivity index (χ1n) is 7.80. The van der Waals surface area contributed by atoms with Crippen LogP contribution in [0.1, 0.15) is 54.9 Å². The number of aliphatic hydroxyl groups is 1. The molecule has 2 atom stereocenters. The number of hydrogen-bond acceptors (Lipinski definition) is 5. The van der Waals surface area contributed by atoms with Crippen molar-refractivity contribution in [2.45, 2.75) is 57.7 Å². The lowest BCUT2D eigenvalue weighted by molar-refractivity contribution is 0.0273. The number of aromatic hydroxyl groups is 1. The van der Waals surface area contributed by atoms with Crippen molar-refractivity contribution in [3.8, 4) is 11.5 Å². The lowest BCUT2D eigenvalue weighted by Gasteiger charge is -2.20. The van der Waals surface area contributed by atoms with E-state index in [4.69, 9.17) is 9.47 Å². The van der Waals surface area contributed by atoms with Gasteiger partial charge in [0.15, 0.2) is 0 Å².